The van der Waals surface area contributed by atoms with Crippen LogP contribution in [0.2, 0.25) is 0 Å². The molecule has 0 aromatic heterocycles. The molecule has 3 rings (SSSR count). The fourth-order valence-corrected chi connectivity index (χ4v) is 3.88. The Morgan fingerprint density at radius 3 is 2.82 bits per heavy atom. The van der Waals surface area contributed by atoms with Crippen molar-refractivity contribution < 1.29 is 18.7 Å². The average Bonchev–Trinajstić information content (AvgIpc) is 2.71. The number of hydrogen-bond donors (Lipinski definition) is 1. The molecule has 7 heteroatoms. The standard InChI is InChI=1S/C21H30FN3O3/c1-24(10-6-16-7-12-28-13-8-16)20(26)14-19-21(27)23-9-11-25(19)15-17-4-2-3-5-18(17)22/h2-5,16,19H,6-15H2,1H3,(H,23,27). The summed E-state index contributed by atoms with van der Waals surface area (Å²) in [6, 6.07) is 6.01. The Bertz CT molecular complexity index is 679. The molecule has 1 aromatic rings. The Balaban J connectivity index is 1.56. The summed E-state index contributed by atoms with van der Waals surface area (Å²) in [6.07, 6.45) is 3.17. The van der Waals surface area contributed by atoms with Gasteiger partial charge in [-0.25, -0.2) is 4.39 Å². The Morgan fingerprint density at radius 1 is 1.32 bits per heavy atom. The third kappa shape index (κ3) is 5.52. The lowest BCUT2D eigenvalue weighted by molar-refractivity contribution is -0.138. The van der Waals surface area contributed by atoms with Crippen molar-refractivity contribution in [2.24, 2.45) is 5.92 Å². The predicted molar refractivity (Wildman–Crippen MR) is 104 cm³/mol. The van der Waals surface area contributed by atoms with Crippen LogP contribution in [0.5, 0.6) is 0 Å². The summed E-state index contributed by atoms with van der Waals surface area (Å²) in [5, 5.41) is 2.83. The van der Waals surface area contributed by atoms with Crippen LogP contribution in [0.3, 0.4) is 0 Å². The number of rotatable bonds is 7. The number of carbonyl (C=O) groups is 2. The molecule has 0 bridgehead atoms. The number of hydrogen-bond acceptors (Lipinski definition) is 4. The zero-order chi connectivity index (χ0) is 19.9. The fraction of sp³-hybridized carbons (Fsp3) is 0.619. The molecule has 2 saturated heterocycles. The van der Waals surface area contributed by atoms with Crippen molar-refractivity contribution in [3.05, 3.63) is 35.6 Å². The van der Waals surface area contributed by atoms with E-state index in [1.165, 1.54) is 6.07 Å². The van der Waals surface area contributed by atoms with E-state index in [1.54, 1.807) is 30.1 Å². The van der Waals surface area contributed by atoms with E-state index in [0.29, 0.717) is 37.7 Å². The second-order valence-electron chi connectivity index (χ2n) is 7.73. The third-order valence-corrected chi connectivity index (χ3v) is 5.78. The molecule has 1 atom stereocenters. The molecule has 2 fully saturated rings. The molecular weight excluding hydrogens is 361 g/mol. The van der Waals surface area contributed by atoms with Crippen LogP contribution >= 0.6 is 0 Å². The molecule has 154 valence electrons. The highest BCUT2D eigenvalue weighted by Gasteiger charge is 2.32. The Kier molecular flexibility index (Phi) is 7.39. The van der Waals surface area contributed by atoms with E-state index in [2.05, 4.69) is 5.32 Å². The summed E-state index contributed by atoms with van der Waals surface area (Å²) >= 11 is 0. The van der Waals surface area contributed by atoms with Crippen molar-refractivity contribution in [3.63, 3.8) is 0 Å². The summed E-state index contributed by atoms with van der Waals surface area (Å²) < 4.78 is 19.4. The topological polar surface area (TPSA) is 61.9 Å². The van der Waals surface area contributed by atoms with Gasteiger partial charge < -0.3 is 15.0 Å². The van der Waals surface area contributed by atoms with Gasteiger partial charge in [0.25, 0.3) is 0 Å². The van der Waals surface area contributed by atoms with Gasteiger partial charge >= 0.3 is 0 Å². The Labute approximate surface area is 166 Å². The molecule has 0 aliphatic carbocycles. The molecule has 0 saturated carbocycles. The van der Waals surface area contributed by atoms with Crippen LogP contribution in [0, 0.1) is 11.7 Å². The molecule has 2 heterocycles. The summed E-state index contributed by atoms with van der Waals surface area (Å²) in [4.78, 5) is 28.8. The van der Waals surface area contributed by atoms with Crippen LogP contribution in [0.25, 0.3) is 0 Å². The van der Waals surface area contributed by atoms with Gasteiger partial charge in [0, 0.05) is 52.0 Å². The molecule has 1 aromatic carbocycles. The first-order chi connectivity index (χ1) is 13.5. The maximum atomic E-state index is 14.0. The van der Waals surface area contributed by atoms with Gasteiger partial charge in [-0.05, 0) is 31.2 Å². The van der Waals surface area contributed by atoms with Gasteiger partial charge in [0.1, 0.15) is 5.82 Å². The second-order valence-corrected chi connectivity index (χ2v) is 7.73. The van der Waals surface area contributed by atoms with Crippen LogP contribution in [-0.2, 0) is 20.9 Å². The van der Waals surface area contributed by atoms with E-state index in [4.69, 9.17) is 4.74 Å². The summed E-state index contributed by atoms with van der Waals surface area (Å²) in [5.74, 6) is 0.105. The lowest BCUT2D eigenvalue weighted by Crippen LogP contribution is -2.56. The van der Waals surface area contributed by atoms with Crippen molar-refractivity contribution in [1.82, 2.24) is 15.1 Å². The number of benzene rings is 1. The average molecular weight is 391 g/mol. The van der Waals surface area contributed by atoms with E-state index in [-0.39, 0.29) is 24.1 Å². The van der Waals surface area contributed by atoms with E-state index in [9.17, 15) is 14.0 Å². The molecule has 2 aliphatic rings. The number of piperazine rings is 1. The van der Waals surface area contributed by atoms with Crippen molar-refractivity contribution in [3.8, 4) is 0 Å². The zero-order valence-corrected chi connectivity index (χ0v) is 16.5. The third-order valence-electron chi connectivity index (χ3n) is 5.78. The maximum Gasteiger partial charge on any atom is 0.237 e. The normalized spacial score (nSPS) is 21.4. The maximum absolute atomic E-state index is 14.0. The summed E-state index contributed by atoms with van der Waals surface area (Å²) in [6.45, 7) is 3.72. The van der Waals surface area contributed by atoms with Gasteiger partial charge in [0.05, 0.1) is 12.5 Å². The molecule has 2 aliphatic heterocycles. The van der Waals surface area contributed by atoms with Crippen molar-refractivity contribution in [2.75, 3.05) is 39.9 Å². The van der Waals surface area contributed by atoms with Crippen LogP contribution in [-0.4, -0.2) is 67.6 Å². The van der Waals surface area contributed by atoms with Crippen molar-refractivity contribution >= 4 is 11.8 Å². The molecular formula is C21H30FN3O3. The van der Waals surface area contributed by atoms with Crippen molar-refractivity contribution in [1.29, 1.82) is 0 Å². The Hall–Kier alpha value is -1.99. The molecule has 2 amide bonds. The smallest absolute Gasteiger partial charge is 0.237 e. The number of carbonyl (C=O) groups excluding carboxylic acids is 2. The van der Waals surface area contributed by atoms with E-state index < -0.39 is 6.04 Å². The van der Waals surface area contributed by atoms with Gasteiger partial charge in [0.2, 0.25) is 11.8 Å². The second kappa shape index (κ2) is 9.98. The van der Waals surface area contributed by atoms with E-state index >= 15 is 0 Å². The fourth-order valence-electron chi connectivity index (χ4n) is 3.88. The van der Waals surface area contributed by atoms with Crippen LogP contribution in [0.4, 0.5) is 4.39 Å². The SMILES string of the molecule is CN(CCC1CCOCC1)C(=O)CC1C(=O)NCCN1Cc1ccccc1F. The lowest BCUT2D eigenvalue weighted by atomic mass is 9.96. The van der Waals surface area contributed by atoms with Gasteiger partial charge in [0.15, 0.2) is 0 Å². The van der Waals surface area contributed by atoms with Crippen LogP contribution < -0.4 is 5.32 Å². The molecule has 1 N–H and O–H groups in total. The predicted octanol–water partition coefficient (Wildman–Crippen LogP) is 1.79. The first kappa shape index (κ1) is 20.7. The minimum absolute atomic E-state index is 0.0485. The number of amides is 2. The summed E-state index contributed by atoms with van der Waals surface area (Å²) in [5.41, 5.74) is 0.544. The minimum atomic E-state index is -0.564. The number of halogens is 1. The highest BCUT2D eigenvalue weighted by Crippen LogP contribution is 2.20. The molecule has 1 unspecified atom stereocenters. The molecule has 6 nitrogen and oxygen atoms in total. The highest BCUT2D eigenvalue weighted by atomic mass is 19.1. The van der Waals surface area contributed by atoms with E-state index in [1.807, 2.05) is 4.90 Å². The van der Waals surface area contributed by atoms with E-state index in [0.717, 1.165) is 32.5 Å². The Morgan fingerprint density at radius 2 is 2.07 bits per heavy atom. The van der Waals surface area contributed by atoms with Gasteiger partial charge in [-0.15, -0.1) is 0 Å². The number of nitrogens with one attached hydrogen (secondary N) is 1. The largest absolute Gasteiger partial charge is 0.381 e. The monoisotopic (exact) mass is 391 g/mol. The first-order valence-corrected chi connectivity index (χ1v) is 10.1. The van der Waals surface area contributed by atoms with Gasteiger partial charge in [-0.2, -0.15) is 0 Å². The van der Waals surface area contributed by atoms with Gasteiger partial charge in [-0.1, -0.05) is 18.2 Å². The minimum Gasteiger partial charge on any atom is -0.381 e. The first-order valence-electron chi connectivity index (χ1n) is 10.1. The van der Waals surface area contributed by atoms with Gasteiger partial charge in [-0.3, -0.25) is 14.5 Å². The van der Waals surface area contributed by atoms with Crippen molar-refractivity contribution in [2.45, 2.75) is 38.3 Å². The summed E-state index contributed by atoms with van der Waals surface area (Å²) in [7, 11) is 1.80. The highest BCUT2D eigenvalue weighted by molar-refractivity contribution is 5.88. The quantitative estimate of drug-likeness (QED) is 0.770. The number of nitrogens with zero attached hydrogens (tertiary/aromatic N) is 2. The molecule has 0 radical (unpaired) electrons. The molecule has 0 spiro atoms. The zero-order valence-electron chi connectivity index (χ0n) is 16.5. The van der Waals surface area contributed by atoms with Crippen LogP contribution in [0.1, 0.15) is 31.2 Å². The molecule has 28 heavy (non-hydrogen) atoms. The van der Waals surface area contributed by atoms with Crippen LogP contribution in [0.15, 0.2) is 24.3 Å². The lowest BCUT2D eigenvalue weighted by Gasteiger charge is -2.35. The number of ether oxygens (including phenoxy) is 1.